The SMILES string of the molecule is N=Cc1cccc(-c2nc(-c3ccc(C(=O)O)cc3)cc3cccnc23)c1. The van der Waals surface area contributed by atoms with E-state index in [0.717, 1.165) is 39.0 Å². The second-order valence-corrected chi connectivity index (χ2v) is 6.08. The molecular formula is C22H15N3O2. The minimum Gasteiger partial charge on any atom is -0.478 e. The largest absolute Gasteiger partial charge is 0.478 e. The molecule has 0 saturated heterocycles. The average molecular weight is 353 g/mol. The van der Waals surface area contributed by atoms with Crippen molar-refractivity contribution < 1.29 is 9.90 Å². The molecule has 0 unspecified atom stereocenters. The third-order valence-corrected chi connectivity index (χ3v) is 4.34. The maximum absolute atomic E-state index is 11.1. The van der Waals surface area contributed by atoms with Gasteiger partial charge in [0.05, 0.1) is 22.5 Å². The quantitative estimate of drug-likeness (QED) is 0.522. The van der Waals surface area contributed by atoms with Crippen LogP contribution in [0.1, 0.15) is 15.9 Å². The average Bonchev–Trinajstić information content (AvgIpc) is 2.73. The Hall–Kier alpha value is -3.86. The topological polar surface area (TPSA) is 86.9 Å². The number of nitrogens with one attached hydrogen (secondary N) is 1. The van der Waals surface area contributed by atoms with Crippen molar-refractivity contribution >= 4 is 23.1 Å². The number of hydrogen-bond acceptors (Lipinski definition) is 4. The fourth-order valence-electron chi connectivity index (χ4n) is 2.99. The monoisotopic (exact) mass is 353 g/mol. The molecule has 2 aromatic carbocycles. The predicted molar refractivity (Wildman–Crippen MR) is 105 cm³/mol. The first-order valence-corrected chi connectivity index (χ1v) is 8.36. The van der Waals surface area contributed by atoms with Gasteiger partial charge in [0.1, 0.15) is 0 Å². The van der Waals surface area contributed by atoms with Gasteiger partial charge in [0.25, 0.3) is 0 Å². The number of hydrogen-bond donors (Lipinski definition) is 2. The molecule has 5 heteroatoms. The number of benzene rings is 2. The number of nitrogens with zero attached hydrogens (tertiary/aromatic N) is 2. The fourth-order valence-corrected chi connectivity index (χ4v) is 2.99. The summed E-state index contributed by atoms with van der Waals surface area (Å²) in [5.41, 5.74) is 4.98. The third kappa shape index (κ3) is 3.18. The van der Waals surface area contributed by atoms with Gasteiger partial charge in [0.2, 0.25) is 0 Å². The molecule has 0 aliphatic carbocycles. The summed E-state index contributed by atoms with van der Waals surface area (Å²) in [6, 6.07) is 20.0. The zero-order chi connectivity index (χ0) is 18.8. The fraction of sp³-hybridized carbons (Fsp3) is 0. The van der Waals surface area contributed by atoms with Crippen molar-refractivity contribution in [2.45, 2.75) is 0 Å². The lowest BCUT2D eigenvalue weighted by Gasteiger charge is -2.10. The van der Waals surface area contributed by atoms with E-state index in [4.69, 9.17) is 15.5 Å². The minimum atomic E-state index is -0.957. The summed E-state index contributed by atoms with van der Waals surface area (Å²) < 4.78 is 0. The van der Waals surface area contributed by atoms with E-state index in [-0.39, 0.29) is 5.56 Å². The van der Waals surface area contributed by atoms with Gasteiger partial charge in [0, 0.05) is 28.9 Å². The molecular weight excluding hydrogens is 338 g/mol. The Morgan fingerprint density at radius 3 is 2.52 bits per heavy atom. The van der Waals surface area contributed by atoms with Crippen LogP contribution in [0.5, 0.6) is 0 Å². The Kier molecular flexibility index (Phi) is 4.18. The number of pyridine rings is 2. The number of fused-ring (bicyclic) bond motifs is 1. The zero-order valence-corrected chi connectivity index (χ0v) is 14.3. The van der Waals surface area contributed by atoms with Crippen LogP contribution >= 0.6 is 0 Å². The predicted octanol–water partition coefficient (Wildman–Crippen LogP) is 4.66. The highest BCUT2D eigenvalue weighted by molar-refractivity contribution is 5.95. The van der Waals surface area contributed by atoms with Gasteiger partial charge < -0.3 is 10.5 Å². The molecule has 0 radical (unpaired) electrons. The van der Waals surface area contributed by atoms with Gasteiger partial charge >= 0.3 is 5.97 Å². The molecule has 5 nitrogen and oxygen atoms in total. The Labute approximate surface area is 155 Å². The maximum atomic E-state index is 11.1. The highest BCUT2D eigenvalue weighted by atomic mass is 16.4. The number of carbonyl (C=O) groups is 1. The Balaban J connectivity index is 1.92. The van der Waals surface area contributed by atoms with Crippen LogP contribution in [0.2, 0.25) is 0 Å². The zero-order valence-electron chi connectivity index (χ0n) is 14.3. The van der Waals surface area contributed by atoms with Crippen LogP contribution in [0.4, 0.5) is 0 Å². The molecule has 0 aliphatic heterocycles. The van der Waals surface area contributed by atoms with Gasteiger partial charge in [-0.15, -0.1) is 0 Å². The summed E-state index contributed by atoms with van der Waals surface area (Å²) in [4.78, 5) is 20.4. The van der Waals surface area contributed by atoms with Gasteiger partial charge in [-0.05, 0) is 35.9 Å². The van der Waals surface area contributed by atoms with Crippen molar-refractivity contribution in [2.75, 3.05) is 0 Å². The number of aromatic carboxylic acids is 1. The van der Waals surface area contributed by atoms with Gasteiger partial charge in [-0.25, -0.2) is 9.78 Å². The van der Waals surface area contributed by atoms with Gasteiger partial charge in [-0.2, -0.15) is 0 Å². The number of rotatable bonds is 4. The van der Waals surface area contributed by atoms with E-state index in [1.807, 2.05) is 42.5 Å². The van der Waals surface area contributed by atoms with E-state index >= 15 is 0 Å². The van der Waals surface area contributed by atoms with Gasteiger partial charge in [0.15, 0.2) is 0 Å². The first-order chi connectivity index (χ1) is 13.2. The van der Waals surface area contributed by atoms with Crippen LogP contribution in [0, 0.1) is 5.41 Å². The van der Waals surface area contributed by atoms with Crippen LogP contribution in [-0.4, -0.2) is 27.3 Å². The molecule has 0 spiro atoms. The van der Waals surface area contributed by atoms with Crippen molar-refractivity contribution in [3.63, 3.8) is 0 Å². The maximum Gasteiger partial charge on any atom is 0.335 e. The van der Waals surface area contributed by atoms with E-state index < -0.39 is 5.97 Å². The summed E-state index contributed by atoms with van der Waals surface area (Å²) >= 11 is 0. The van der Waals surface area contributed by atoms with Gasteiger partial charge in [-0.3, -0.25) is 4.98 Å². The number of aromatic nitrogens is 2. The van der Waals surface area contributed by atoms with Crippen molar-refractivity contribution in [1.29, 1.82) is 5.41 Å². The van der Waals surface area contributed by atoms with E-state index in [0.29, 0.717) is 0 Å². The van der Waals surface area contributed by atoms with Crippen LogP contribution in [-0.2, 0) is 0 Å². The lowest BCUT2D eigenvalue weighted by molar-refractivity contribution is 0.0697. The standard InChI is InChI=1S/C22H15N3O2/c23-13-14-3-1-4-17(11-14)21-20-18(5-2-10-24-20)12-19(25-21)15-6-8-16(9-7-15)22(26)27/h1-13,23H,(H,26,27). The molecule has 0 aliphatic rings. The van der Waals surface area contributed by atoms with Crippen LogP contribution in [0.25, 0.3) is 33.4 Å². The molecule has 2 heterocycles. The Morgan fingerprint density at radius 2 is 1.78 bits per heavy atom. The molecule has 0 saturated carbocycles. The molecule has 4 aromatic rings. The van der Waals surface area contributed by atoms with E-state index in [1.165, 1.54) is 6.21 Å². The highest BCUT2D eigenvalue weighted by Crippen LogP contribution is 2.30. The molecule has 0 bridgehead atoms. The Morgan fingerprint density at radius 1 is 0.963 bits per heavy atom. The molecule has 2 aromatic heterocycles. The summed E-state index contributed by atoms with van der Waals surface area (Å²) in [6.07, 6.45) is 3.03. The van der Waals surface area contributed by atoms with Crippen LogP contribution < -0.4 is 0 Å². The van der Waals surface area contributed by atoms with Crippen molar-refractivity contribution in [3.05, 3.63) is 84.1 Å². The van der Waals surface area contributed by atoms with Gasteiger partial charge in [-0.1, -0.05) is 36.4 Å². The molecule has 27 heavy (non-hydrogen) atoms. The first kappa shape index (κ1) is 16.6. The van der Waals surface area contributed by atoms with Crippen molar-refractivity contribution in [2.24, 2.45) is 0 Å². The lowest BCUT2D eigenvalue weighted by atomic mass is 10.0. The number of carboxylic acid groups (broad SMARTS) is 1. The molecule has 0 fully saturated rings. The van der Waals surface area contributed by atoms with Crippen LogP contribution in [0.3, 0.4) is 0 Å². The molecule has 0 amide bonds. The molecule has 0 atom stereocenters. The summed E-state index contributed by atoms with van der Waals surface area (Å²) in [5.74, 6) is -0.957. The Bertz CT molecular complexity index is 1170. The highest BCUT2D eigenvalue weighted by Gasteiger charge is 2.12. The normalized spacial score (nSPS) is 10.7. The lowest BCUT2D eigenvalue weighted by Crippen LogP contribution is -1.96. The summed E-state index contributed by atoms with van der Waals surface area (Å²) in [6.45, 7) is 0. The van der Waals surface area contributed by atoms with Crippen LogP contribution in [0.15, 0.2) is 72.9 Å². The first-order valence-electron chi connectivity index (χ1n) is 8.36. The summed E-state index contributed by atoms with van der Waals surface area (Å²) in [7, 11) is 0. The second-order valence-electron chi connectivity index (χ2n) is 6.08. The molecule has 4 rings (SSSR count). The molecule has 130 valence electrons. The molecule has 2 N–H and O–H groups in total. The van der Waals surface area contributed by atoms with E-state index in [9.17, 15) is 4.79 Å². The smallest absolute Gasteiger partial charge is 0.335 e. The van der Waals surface area contributed by atoms with Crippen molar-refractivity contribution in [3.8, 4) is 22.5 Å². The third-order valence-electron chi connectivity index (χ3n) is 4.34. The minimum absolute atomic E-state index is 0.236. The van der Waals surface area contributed by atoms with E-state index in [2.05, 4.69) is 4.98 Å². The van der Waals surface area contributed by atoms with Crippen molar-refractivity contribution in [1.82, 2.24) is 9.97 Å². The summed E-state index contributed by atoms with van der Waals surface area (Å²) in [5, 5.41) is 17.5. The number of carboxylic acids is 1. The second kappa shape index (κ2) is 6.80. The van der Waals surface area contributed by atoms with E-state index in [1.54, 1.807) is 30.5 Å².